The van der Waals surface area contributed by atoms with Crippen molar-refractivity contribution in [2.75, 3.05) is 20.3 Å². The molecule has 0 fully saturated rings. The highest BCUT2D eigenvalue weighted by molar-refractivity contribution is 5.77. The highest BCUT2D eigenvalue weighted by Crippen LogP contribution is 2.25. The van der Waals surface area contributed by atoms with Crippen LogP contribution in [-0.2, 0) is 11.2 Å². The predicted molar refractivity (Wildman–Crippen MR) is 76.4 cm³/mol. The predicted octanol–water partition coefficient (Wildman–Crippen LogP) is 1.73. The van der Waals surface area contributed by atoms with Gasteiger partial charge in [0.15, 0.2) is 18.1 Å². The number of carbonyl (C=O) groups excluding carboxylic acids is 1. The van der Waals surface area contributed by atoms with Crippen LogP contribution >= 0.6 is 0 Å². The number of nitrogens with one attached hydrogen (secondary N) is 1. The highest BCUT2D eigenvalue weighted by Gasteiger charge is 2.07. The molecule has 1 N–H and O–H groups in total. The van der Waals surface area contributed by atoms with Crippen molar-refractivity contribution in [2.45, 2.75) is 13.3 Å². The molecule has 0 aliphatic rings. The van der Waals surface area contributed by atoms with Crippen LogP contribution in [0.5, 0.6) is 11.5 Å². The van der Waals surface area contributed by atoms with E-state index in [9.17, 15) is 4.79 Å². The molecule has 0 atom stereocenters. The van der Waals surface area contributed by atoms with E-state index in [4.69, 9.17) is 14.0 Å². The van der Waals surface area contributed by atoms with Crippen molar-refractivity contribution in [1.29, 1.82) is 0 Å². The summed E-state index contributed by atoms with van der Waals surface area (Å²) in [5.41, 5.74) is 0.829. The average Bonchev–Trinajstić information content (AvgIpc) is 2.91. The number of carbonyl (C=O) groups is 1. The molecule has 112 valence electrons. The Kier molecular flexibility index (Phi) is 5.20. The van der Waals surface area contributed by atoms with Gasteiger partial charge < -0.3 is 19.3 Å². The minimum absolute atomic E-state index is 0.0597. The number of methoxy groups -OCH3 is 1. The Morgan fingerprint density at radius 1 is 1.33 bits per heavy atom. The number of nitrogens with zero attached hydrogens (tertiary/aromatic N) is 1. The van der Waals surface area contributed by atoms with E-state index in [0.29, 0.717) is 24.5 Å². The molecule has 1 heterocycles. The first kappa shape index (κ1) is 14.9. The van der Waals surface area contributed by atoms with Crippen molar-refractivity contribution in [3.63, 3.8) is 0 Å². The van der Waals surface area contributed by atoms with Crippen LogP contribution in [0.4, 0.5) is 0 Å². The normalized spacial score (nSPS) is 10.2. The van der Waals surface area contributed by atoms with Crippen LogP contribution < -0.4 is 14.8 Å². The second kappa shape index (κ2) is 7.33. The van der Waals surface area contributed by atoms with E-state index >= 15 is 0 Å². The number of para-hydroxylation sites is 2. The van der Waals surface area contributed by atoms with Crippen LogP contribution in [0.15, 0.2) is 34.9 Å². The van der Waals surface area contributed by atoms with Crippen LogP contribution in [0.2, 0.25) is 0 Å². The molecular formula is C15H18N2O4. The molecule has 6 heteroatoms. The third-order valence-corrected chi connectivity index (χ3v) is 2.80. The highest BCUT2D eigenvalue weighted by atomic mass is 16.5. The number of benzene rings is 1. The summed E-state index contributed by atoms with van der Waals surface area (Å²) in [6.45, 7) is 2.27. The summed E-state index contributed by atoms with van der Waals surface area (Å²) < 4.78 is 15.6. The van der Waals surface area contributed by atoms with Crippen molar-refractivity contribution < 1.29 is 18.8 Å². The summed E-state index contributed by atoms with van der Waals surface area (Å²) >= 11 is 0. The molecule has 1 amide bonds. The lowest BCUT2D eigenvalue weighted by Crippen LogP contribution is -2.30. The Morgan fingerprint density at radius 3 is 2.76 bits per heavy atom. The maximum Gasteiger partial charge on any atom is 0.257 e. The minimum atomic E-state index is -0.197. The van der Waals surface area contributed by atoms with E-state index in [-0.39, 0.29) is 12.5 Å². The van der Waals surface area contributed by atoms with Crippen LogP contribution in [-0.4, -0.2) is 31.3 Å². The number of hydrogen-bond donors (Lipinski definition) is 1. The molecule has 2 aromatic rings. The zero-order valence-electron chi connectivity index (χ0n) is 12.1. The minimum Gasteiger partial charge on any atom is -0.493 e. The number of ether oxygens (including phenoxy) is 2. The van der Waals surface area contributed by atoms with Crippen molar-refractivity contribution in [3.05, 3.63) is 41.8 Å². The number of aryl methyl sites for hydroxylation is 1. The van der Waals surface area contributed by atoms with Crippen molar-refractivity contribution in [1.82, 2.24) is 10.5 Å². The monoisotopic (exact) mass is 290 g/mol. The summed E-state index contributed by atoms with van der Waals surface area (Å²) in [6, 6.07) is 9.04. The molecular weight excluding hydrogens is 272 g/mol. The Hall–Kier alpha value is -2.50. The van der Waals surface area contributed by atoms with Gasteiger partial charge in [-0.25, -0.2) is 0 Å². The molecule has 0 saturated carbocycles. The molecule has 0 aliphatic carbocycles. The first-order valence-electron chi connectivity index (χ1n) is 6.63. The maximum atomic E-state index is 11.7. The molecule has 0 spiro atoms. The van der Waals surface area contributed by atoms with Gasteiger partial charge in [0, 0.05) is 19.0 Å². The summed E-state index contributed by atoms with van der Waals surface area (Å²) in [5.74, 6) is 1.69. The summed E-state index contributed by atoms with van der Waals surface area (Å²) in [6.07, 6.45) is 0.598. The van der Waals surface area contributed by atoms with Gasteiger partial charge in [-0.1, -0.05) is 17.3 Å². The van der Waals surface area contributed by atoms with E-state index in [1.54, 1.807) is 19.2 Å². The van der Waals surface area contributed by atoms with Gasteiger partial charge in [0.25, 0.3) is 5.91 Å². The summed E-state index contributed by atoms with van der Waals surface area (Å²) in [4.78, 5) is 11.7. The van der Waals surface area contributed by atoms with Crippen LogP contribution in [0.3, 0.4) is 0 Å². The molecule has 0 aliphatic heterocycles. The number of rotatable bonds is 7. The largest absolute Gasteiger partial charge is 0.493 e. The van der Waals surface area contributed by atoms with Gasteiger partial charge in [0.05, 0.1) is 12.8 Å². The van der Waals surface area contributed by atoms with E-state index < -0.39 is 0 Å². The lowest BCUT2D eigenvalue weighted by atomic mass is 10.3. The Balaban J connectivity index is 1.72. The fourth-order valence-electron chi connectivity index (χ4n) is 1.79. The van der Waals surface area contributed by atoms with Crippen molar-refractivity contribution in [3.8, 4) is 11.5 Å². The standard InChI is InChI=1S/C15H18N2O4/c1-11-9-12(21-17-11)7-8-16-15(18)10-20-14-6-4-3-5-13(14)19-2/h3-6,9H,7-8,10H2,1-2H3,(H,16,18). The van der Waals surface area contributed by atoms with Crippen LogP contribution in [0, 0.1) is 6.92 Å². The molecule has 0 saturated heterocycles. The lowest BCUT2D eigenvalue weighted by Gasteiger charge is -2.10. The Bertz CT molecular complexity index is 595. The molecule has 6 nitrogen and oxygen atoms in total. The summed E-state index contributed by atoms with van der Waals surface area (Å²) in [7, 11) is 1.56. The topological polar surface area (TPSA) is 73.6 Å². The number of aromatic nitrogens is 1. The zero-order valence-corrected chi connectivity index (χ0v) is 12.1. The fourth-order valence-corrected chi connectivity index (χ4v) is 1.79. The SMILES string of the molecule is COc1ccccc1OCC(=O)NCCc1cc(C)no1. The third-order valence-electron chi connectivity index (χ3n) is 2.80. The van der Waals surface area contributed by atoms with Gasteiger partial charge in [-0.15, -0.1) is 0 Å². The molecule has 21 heavy (non-hydrogen) atoms. The van der Waals surface area contributed by atoms with Gasteiger partial charge in [0.2, 0.25) is 0 Å². The molecule has 1 aromatic heterocycles. The van der Waals surface area contributed by atoms with Gasteiger partial charge in [-0.2, -0.15) is 0 Å². The van der Waals surface area contributed by atoms with E-state index in [1.807, 2.05) is 25.1 Å². The maximum absolute atomic E-state index is 11.7. The van der Waals surface area contributed by atoms with Crippen molar-refractivity contribution in [2.24, 2.45) is 0 Å². The molecule has 0 radical (unpaired) electrons. The molecule has 1 aromatic carbocycles. The lowest BCUT2D eigenvalue weighted by molar-refractivity contribution is -0.123. The molecule has 0 unspecified atom stereocenters. The fraction of sp³-hybridized carbons (Fsp3) is 0.333. The van der Waals surface area contributed by atoms with E-state index in [1.165, 1.54) is 0 Å². The van der Waals surface area contributed by atoms with Gasteiger partial charge in [0.1, 0.15) is 5.76 Å². The van der Waals surface area contributed by atoms with Crippen molar-refractivity contribution >= 4 is 5.91 Å². The Morgan fingerprint density at radius 2 is 2.10 bits per heavy atom. The second-order valence-corrected chi connectivity index (χ2v) is 4.47. The van der Waals surface area contributed by atoms with Gasteiger partial charge >= 0.3 is 0 Å². The third kappa shape index (κ3) is 4.52. The van der Waals surface area contributed by atoms with Gasteiger partial charge in [-0.05, 0) is 19.1 Å². The Labute approximate surface area is 123 Å². The zero-order chi connectivity index (χ0) is 15.1. The van der Waals surface area contributed by atoms with Crippen LogP contribution in [0.1, 0.15) is 11.5 Å². The summed E-state index contributed by atoms with van der Waals surface area (Å²) in [5, 5.41) is 6.54. The van der Waals surface area contributed by atoms with E-state index in [0.717, 1.165) is 11.5 Å². The number of hydrogen-bond acceptors (Lipinski definition) is 5. The first-order chi connectivity index (χ1) is 10.2. The van der Waals surface area contributed by atoms with Gasteiger partial charge in [-0.3, -0.25) is 4.79 Å². The van der Waals surface area contributed by atoms with Crippen LogP contribution in [0.25, 0.3) is 0 Å². The smallest absolute Gasteiger partial charge is 0.257 e. The number of amides is 1. The molecule has 0 bridgehead atoms. The second-order valence-electron chi connectivity index (χ2n) is 4.47. The molecule has 2 rings (SSSR count). The van der Waals surface area contributed by atoms with E-state index in [2.05, 4.69) is 10.5 Å². The quantitative estimate of drug-likeness (QED) is 0.840. The first-order valence-corrected chi connectivity index (χ1v) is 6.63. The average molecular weight is 290 g/mol.